The van der Waals surface area contributed by atoms with E-state index in [0.717, 1.165) is 22.4 Å². The number of hydrogen-bond acceptors (Lipinski definition) is 4. The third kappa shape index (κ3) is 5.61. The van der Waals surface area contributed by atoms with Crippen molar-refractivity contribution in [3.05, 3.63) is 131 Å². The lowest BCUT2D eigenvalue weighted by Gasteiger charge is -2.25. The molecule has 0 saturated carbocycles. The summed E-state index contributed by atoms with van der Waals surface area (Å²) < 4.78 is 20.9. The number of ether oxygens (including phenoxy) is 1. The van der Waals surface area contributed by atoms with Crippen molar-refractivity contribution in [2.75, 3.05) is 13.1 Å². The number of benzene rings is 3. The van der Waals surface area contributed by atoms with Crippen LogP contribution < -0.4 is 10.1 Å². The van der Waals surface area contributed by atoms with E-state index in [1.807, 2.05) is 72.8 Å². The van der Waals surface area contributed by atoms with Gasteiger partial charge in [-0.25, -0.2) is 4.39 Å². The highest BCUT2D eigenvalue weighted by Gasteiger charge is 2.26. The van der Waals surface area contributed by atoms with Gasteiger partial charge in [0.25, 0.3) is 0 Å². The SMILES string of the molecule is O=C(CCN1Cc2ccccc2OC(c2ccccc2F)C1)NC(c1ccccc1)c1ccncc1. The second kappa shape index (κ2) is 11.1. The Balaban J connectivity index is 1.31. The van der Waals surface area contributed by atoms with Crippen molar-refractivity contribution in [3.63, 3.8) is 0 Å². The maximum Gasteiger partial charge on any atom is 0.222 e. The molecule has 1 aromatic heterocycles. The third-order valence-electron chi connectivity index (χ3n) is 6.44. The lowest BCUT2D eigenvalue weighted by atomic mass is 9.99. The number of pyridine rings is 1. The number of amides is 1. The number of halogens is 1. The number of nitrogens with one attached hydrogen (secondary N) is 1. The molecule has 0 spiro atoms. The molecule has 0 aliphatic carbocycles. The largest absolute Gasteiger partial charge is 0.484 e. The monoisotopic (exact) mass is 481 g/mol. The lowest BCUT2D eigenvalue weighted by molar-refractivity contribution is -0.122. The van der Waals surface area contributed by atoms with Gasteiger partial charge in [-0.15, -0.1) is 0 Å². The molecular weight excluding hydrogens is 453 g/mol. The van der Waals surface area contributed by atoms with E-state index in [2.05, 4.69) is 15.2 Å². The highest BCUT2D eigenvalue weighted by molar-refractivity contribution is 5.77. The average Bonchev–Trinajstić information content (AvgIpc) is 3.11. The molecule has 2 unspecified atom stereocenters. The molecule has 2 atom stereocenters. The minimum absolute atomic E-state index is 0.0541. The number of aromatic nitrogens is 1. The van der Waals surface area contributed by atoms with Crippen LogP contribution in [0.15, 0.2) is 103 Å². The fourth-order valence-electron chi connectivity index (χ4n) is 4.60. The van der Waals surface area contributed by atoms with Gasteiger partial charge in [-0.3, -0.25) is 14.7 Å². The van der Waals surface area contributed by atoms with Crippen LogP contribution in [0.1, 0.15) is 40.8 Å². The number of fused-ring (bicyclic) bond motifs is 1. The van der Waals surface area contributed by atoms with Crippen molar-refractivity contribution in [2.24, 2.45) is 0 Å². The van der Waals surface area contributed by atoms with Gasteiger partial charge in [-0.05, 0) is 35.4 Å². The maximum atomic E-state index is 14.6. The molecule has 182 valence electrons. The third-order valence-corrected chi connectivity index (χ3v) is 6.44. The Hall–Kier alpha value is -4.03. The smallest absolute Gasteiger partial charge is 0.222 e. The zero-order chi connectivity index (χ0) is 24.7. The van der Waals surface area contributed by atoms with Crippen LogP contribution in [0.3, 0.4) is 0 Å². The van der Waals surface area contributed by atoms with Crippen LogP contribution in [-0.4, -0.2) is 28.9 Å². The van der Waals surface area contributed by atoms with Crippen LogP contribution in [0.25, 0.3) is 0 Å². The Kier molecular flexibility index (Phi) is 7.33. The van der Waals surface area contributed by atoms with Crippen LogP contribution in [-0.2, 0) is 11.3 Å². The molecule has 0 bridgehead atoms. The molecule has 6 heteroatoms. The van der Waals surface area contributed by atoms with Crippen molar-refractivity contribution < 1.29 is 13.9 Å². The highest BCUT2D eigenvalue weighted by Crippen LogP contribution is 2.32. The second-order valence-electron chi connectivity index (χ2n) is 8.91. The summed E-state index contributed by atoms with van der Waals surface area (Å²) in [5, 5.41) is 3.19. The van der Waals surface area contributed by atoms with E-state index in [1.165, 1.54) is 6.07 Å². The van der Waals surface area contributed by atoms with E-state index in [1.54, 1.807) is 24.5 Å². The Labute approximate surface area is 210 Å². The summed E-state index contributed by atoms with van der Waals surface area (Å²) in [6.07, 6.45) is 3.30. The molecule has 3 aromatic carbocycles. The number of carbonyl (C=O) groups is 1. The van der Waals surface area contributed by atoms with Crippen molar-refractivity contribution in [1.82, 2.24) is 15.2 Å². The predicted molar refractivity (Wildman–Crippen MR) is 137 cm³/mol. The molecule has 0 fully saturated rings. The molecule has 2 heterocycles. The van der Waals surface area contributed by atoms with Crippen LogP contribution in [0.4, 0.5) is 4.39 Å². The van der Waals surface area contributed by atoms with Gasteiger partial charge in [-0.2, -0.15) is 0 Å². The Morgan fingerprint density at radius 1 is 0.944 bits per heavy atom. The molecule has 36 heavy (non-hydrogen) atoms. The zero-order valence-electron chi connectivity index (χ0n) is 19.9. The first-order valence-corrected chi connectivity index (χ1v) is 12.1. The quantitative estimate of drug-likeness (QED) is 0.381. The van der Waals surface area contributed by atoms with Crippen molar-refractivity contribution in [2.45, 2.75) is 25.1 Å². The standard InChI is InChI=1S/C30H28FN3O2/c31-26-12-6-5-11-25(26)28-21-34(20-24-10-4-7-13-27(24)36-28)19-16-29(35)33-30(22-8-2-1-3-9-22)23-14-17-32-18-15-23/h1-15,17-18,28,30H,16,19-21H2,(H,33,35). The fourth-order valence-corrected chi connectivity index (χ4v) is 4.60. The molecule has 1 aliphatic rings. The van der Waals surface area contributed by atoms with E-state index < -0.39 is 6.10 Å². The molecule has 5 nitrogen and oxygen atoms in total. The van der Waals surface area contributed by atoms with Crippen LogP contribution in [0.5, 0.6) is 5.75 Å². The second-order valence-corrected chi connectivity index (χ2v) is 8.91. The first-order valence-electron chi connectivity index (χ1n) is 12.1. The number of rotatable bonds is 7. The molecule has 5 rings (SSSR count). The van der Waals surface area contributed by atoms with E-state index in [-0.39, 0.29) is 17.8 Å². The fraction of sp³-hybridized carbons (Fsp3) is 0.200. The molecule has 1 N–H and O–H groups in total. The van der Waals surface area contributed by atoms with E-state index >= 15 is 0 Å². The van der Waals surface area contributed by atoms with Gasteiger partial charge in [0, 0.05) is 49.6 Å². The number of carbonyl (C=O) groups excluding carboxylic acids is 1. The summed E-state index contributed by atoms with van der Waals surface area (Å²) in [7, 11) is 0. The van der Waals surface area contributed by atoms with Gasteiger partial charge >= 0.3 is 0 Å². The van der Waals surface area contributed by atoms with Crippen LogP contribution in [0, 0.1) is 5.82 Å². The van der Waals surface area contributed by atoms with Crippen molar-refractivity contribution in [1.29, 1.82) is 0 Å². The van der Waals surface area contributed by atoms with Gasteiger partial charge in [0.15, 0.2) is 0 Å². The lowest BCUT2D eigenvalue weighted by Crippen LogP contribution is -2.35. The normalized spacial score (nSPS) is 16.3. The van der Waals surface area contributed by atoms with Gasteiger partial charge in [0.1, 0.15) is 17.7 Å². The topological polar surface area (TPSA) is 54.5 Å². The minimum atomic E-state index is -0.466. The summed E-state index contributed by atoms with van der Waals surface area (Å²) in [6.45, 7) is 1.63. The predicted octanol–water partition coefficient (Wildman–Crippen LogP) is 5.45. The van der Waals surface area contributed by atoms with Crippen LogP contribution >= 0.6 is 0 Å². The zero-order valence-corrected chi connectivity index (χ0v) is 19.9. The van der Waals surface area contributed by atoms with Crippen molar-refractivity contribution >= 4 is 5.91 Å². The van der Waals surface area contributed by atoms with Crippen LogP contribution in [0.2, 0.25) is 0 Å². The van der Waals surface area contributed by atoms with Gasteiger partial charge in [0.05, 0.1) is 6.04 Å². The Morgan fingerprint density at radius 3 is 2.44 bits per heavy atom. The first kappa shape index (κ1) is 23.7. The molecule has 1 amide bonds. The van der Waals surface area contributed by atoms with E-state index in [9.17, 15) is 9.18 Å². The van der Waals surface area contributed by atoms with Gasteiger partial charge < -0.3 is 10.1 Å². The number of para-hydroxylation sites is 1. The summed E-state index contributed by atoms with van der Waals surface area (Å²) in [4.78, 5) is 19.4. The molecule has 4 aromatic rings. The van der Waals surface area contributed by atoms with Gasteiger partial charge in [0.2, 0.25) is 5.91 Å². The molecule has 0 radical (unpaired) electrons. The van der Waals surface area contributed by atoms with Crippen molar-refractivity contribution in [3.8, 4) is 5.75 Å². The Morgan fingerprint density at radius 2 is 1.64 bits per heavy atom. The minimum Gasteiger partial charge on any atom is -0.484 e. The summed E-state index contributed by atoms with van der Waals surface area (Å²) in [5.74, 6) is 0.406. The van der Waals surface area contributed by atoms with Gasteiger partial charge in [-0.1, -0.05) is 66.7 Å². The molecular formula is C30H28FN3O2. The maximum absolute atomic E-state index is 14.6. The first-order chi connectivity index (χ1) is 17.7. The van der Waals surface area contributed by atoms with E-state index in [0.29, 0.717) is 31.6 Å². The summed E-state index contributed by atoms with van der Waals surface area (Å²) in [6, 6.07) is 28.0. The Bertz CT molecular complexity index is 1260. The number of hydrogen-bond donors (Lipinski definition) is 1. The average molecular weight is 482 g/mol. The summed E-state index contributed by atoms with van der Waals surface area (Å²) in [5.41, 5.74) is 3.52. The van der Waals surface area contributed by atoms with E-state index in [4.69, 9.17) is 4.74 Å². The summed E-state index contributed by atoms with van der Waals surface area (Å²) >= 11 is 0. The molecule has 1 aliphatic heterocycles. The molecule has 0 saturated heterocycles. The number of nitrogens with zero attached hydrogens (tertiary/aromatic N) is 2. The highest BCUT2D eigenvalue weighted by atomic mass is 19.1.